The molecule has 0 spiro atoms. The molecule has 34 heavy (non-hydrogen) atoms. The minimum absolute atomic E-state index is 0.00907. The second-order valence-electron chi connectivity index (χ2n) is 8.51. The number of benzene rings is 5. The molecule has 0 aromatic heterocycles. The van der Waals surface area contributed by atoms with E-state index in [0.29, 0.717) is 23.4 Å². The van der Waals surface area contributed by atoms with Crippen molar-refractivity contribution >= 4 is 27.3 Å². The van der Waals surface area contributed by atoms with Crippen molar-refractivity contribution in [2.45, 2.75) is 12.6 Å². The minimum atomic E-state index is -0.492. The van der Waals surface area contributed by atoms with Gasteiger partial charge < -0.3 is 10.1 Å². The van der Waals surface area contributed by atoms with E-state index >= 15 is 0 Å². The van der Waals surface area contributed by atoms with Crippen LogP contribution < -0.4 is 10.1 Å². The van der Waals surface area contributed by atoms with E-state index in [9.17, 15) is 4.79 Å². The minimum Gasteiger partial charge on any atom is -0.480 e. The fraction of sp³-hybridized carbons (Fsp3) is 0.0645. The molecule has 0 fully saturated rings. The highest BCUT2D eigenvalue weighted by Crippen LogP contribution is 2.40. The molecule has 1 heterocycles. The van der Waals surface area contributed by atoms with E-state index in [0.717, 1.165) is 16.3 Å². The van der Waals surface area contributed by atoms with Crippen LogP contribution in [0.3, 0.4) is 0 Å². The first-order chi connectivity index (χ1) is 16.8. The number of ether oxygens (including phenoxy) is 1. The number of nitrogens with one attached hydrogen (secondary N) is 1. The summed E-state index contributed by atoms with van der Waals surface area (Å²) < 4.78 is 6.45. The molecule has 0 bridgehead atoms. The zero-order chi connectivity index (χ0) is 22.9. The van der Waals surface area contributed by atoms with Gasteiger partial charge in [0, 0.05) is 18.3 Å². The molecular formula is C31H23NO2. The highest BCUT2D eigenvalue weighted by Gasteiger charge is 2.33. The van der Waals surface area contributed by atoms with Gasteiger partial charge in [0.15, 0.2) is 11.9 Å². The summed E-state index contributed by atoms with van der Waals surface area (Å²) >= 11 is 0. The number of carbonyl (C=O) groups excluding carboxylic acids is 1. The van der Waals surface area contributed by atoms with Crippen molar-refractivity contribution in [3.05, 3.63) is 138 Å². The van der Waals surface area contributed by atoms with E-state index in [1.807, 2.05) is 60.8 Å². The molecule has 1 N–H and O–H groups in total. The van der Waals surface area contributed by atoms with Crippen LogP contribution in [0.15, 0.2) is 121 Å². The summed E-state index contributed by atoms with van der Waals surface area (Å²) in [7, 11) is 0. The summed E-state index contributed by atoms with van der Waals surface area (Å²) in [6.45, 7) is 0.613. The van der Waals surface area contributed by atoms with Gasteiger partial charge in [-0.25, -0.2) is 0 Å². The van der Waals surface area contributed by atoms with Crippen LogP contribution in [0.2, 0.25) is 0 Å². The summed E-state index contributed by atoms with van der Waals surface area (Å²) in [6, 6.07) is 36.5. The van der Waals surface area contributed by atoms with Gasteiger partial charge in [0.25, 0.3) is 0 Å². The van der Waals surface area contributed by atoms with Crippen LogP contribution in [0.25, 0.3) is 21.5 Å². The normalized spacial score (nSPS) is 16.4. The van der Waals surface area contributed by atoms with Crippen LogP contribution in [0.5, 0.6) is 5.75 Å². The SMILES string of the molecule is O=C1/C(=C\NCc2cccc3ccccc23)[C@H](c2cccc3ccccc23)Oc2ccccc21. The summed E-state index contributed by atoms with van der Waals surface area (Å²) in [5.41, 5.74) is 3.37. The lowest BCUT2D eigenvalue weighted by Crippen LogP contribution is -2.25. The van der Waals surface area contributed by atoms with Crippen molar-refractivity contribution in [2.75, 3.05) is 0 Å². The third kappa shape index (κ3) is 3.52. The van der Waals surface area contributed by atoms with E-state index in [2.05, 4.69) is 59.9 Å². The van der Waals surface area contributed by atoms with Gasteiger partial charge in [-0.05, 0) is 39.2 Å². The van der Waals surface area contributed by atoms with Crippen molar-refractivity contribution in [3.8, 4) is 5.75 Å². The summed E-state index contributed by atoms with van der Waals surface area (Å²) in [6.07, 6.45) is 1.35. The molecule has 0 radical (unpaired) electrons. The number of rotatable bonds is 4. The Morgan fingerprint density at radius 1 is 0.706 bits per heavy atom. The molecule has 0 aliphatic carbocycles. The fourth-order valence-electron chi connectivity index (χ4n) is 4.79. The Labute approximate surface area is 198 Å². The van der Waals surface area contributed by atoms with Crippen LogP contribution in [0, 0.1) is 0 Å². The third-order valence-electron chi connectivity index (χ3n) is 6.46. The van der Waals surface area contributed by atoms with Gasteiger partial charge in [-0.15, -0.1) is 0 Å². The first kappa shape index (κ1) is 20.3. The molecule has 0 amide bonds. The molecular weight excluding hydrogens is 418 g/mol. The number of hydrogen-bond acceptors (Lipinski definition) is 3. The van der Waals surface area contributed by atoms with Crippen molar-refractivity contribution < 1.29 is 9.53 Å². The van der Waals surface area contributed by atoms with Gasteiger partial charge in [-0.1, -0.05) is 97.1 Å². The fourth-order valence-corrected chi connectivity index (χ4v) is 4.79. The summed E-state index contributed by atoms with van der Waals surface area (Å²) in [5.74, 6) is 0.613. The van der Waals surface area contributed by atoms with Gasteiger partial charge in [0.05, 0.1) is 11.1 Å². The maximum absolute atomic E-state index is 13.6. The van der Waals surface area contributed by atoms with Crippen LogP contribution in [0.1, 0.15) is 27.6 Å². The standard InChI is InChI=1S/C31H23NO2/c33-30-27-16-5-6-18-29(27)34-31(26-17-8-12-22-10-2-4-15-25(22)26)28(30)20-32-19-23-13-7-11-21-9-1-3-14-24(21)23/h1-18,20,31-32H,19H2/b28-20+/t31-/m0/s1. The monoisotopic (exact) mass is 441 g/mol. The number of carbonyl (C=O) groups is 1. The van der Waals surface area contributed by atoms with Gasteiger partial charge in [-0.2, -0.15) is 0 Å². The Bertz CT molecular complexity index is 1560. The van der Waals surface area contributed by atoms with Crippen LogP contribution >= 0.6 is 0 Å². The molecule has 1 atom stereocenters. The second kappa shape index (κ2) is 8.53. The molecule has 164 valence electrons. The molecule has 0 unspecified atom stereocenters. The van der Waals surface area contributed by atoms with E-state index < -0.39 is 6.10 Å². The van der Waals surface area contributed by atoms with Gasteiger partial charge in [0.1, 0.15) is 5.75 Å². The zero-order valence-electron chi connectivity index (χ0n) is 18.6. The maximum atomic E-state index is 13.6. The van der Waals surface area contributed by atoms with Crippen LogP contribution in [0.4, 0.5) is 0 Å². The maximum Gasteiger partial charge on any atom is 0.198 e. The number of para-hydroxylation sites is 1. The average molecular weight is 442 g/mol. The number of Topliss-reactive ketones (excluding diaryl/α,β-unsaturated/α-hetero) is 1. The smallest absolute Gasteiger partial charge is 0.198 e. The molecule has 3 heteroatoms. The quantitative estimate of drug-likeness (QED) is 0.306. The Morgan fingerprint density at radius 2 is 1.35 bits per heavy atom. The third-order valence-corrected chi connectivity index (χ3v) is 6.46. The molecule has 5 aromatic rings. The summed E-state index contributed by atoms with van der Waals surface area (Å²) in [5, 5.41) is 8.03. The van der Waals surface area contributed by atoms with Gasteiger partial charge in [-0.3, -0.25) is 4.79 Å². The van der Waals surface area contributed by atoms with Crippen molar-refractivity contribution in [2.24, 2.45) is 0 Å². The summed E-state index contributed by atoms with van der Waals surface area (Å²) in [4.78, 5) is 13.6. The molecule has 1 aliphatic rings. The van der Waals surface area contributed by atoms with Gasteiger partial charge >= 0.3 is 0 Å². The molecule has 0 saturated carbocycles. The Balaban J connectivity index is 1.41. The van der Waals surface area contributed by atoms with E-state index in [-0.39, 0.29) is 5.78 Å². The molecule has 0 saturated heterocycles. The second-order valence-corrected chi connectivity index (χ2v) is 8.51. The van der Waals surface area contributed by atoms with Crippen molar-refractivity contribution in [1.29, 1.82) is 0 Å². The highest BCUT2D eigenvalue weighted by atomic mass is 16.5. The van der Waals surface area contributed by atoms with Crippen LogP contribution in [-0.4, -0.2) is 5.78 Å². The number of ketones is 1. The van der Waals surface area contributed by atoms with E-state index in [4.69, 9.17) is 4.74 Å². The topological polar surface area (TPSA) is 38.3 Å². The lowest BCUT2D eigenvalue weighted by atomic mass is 9.89. The average Bonchev–Trinajstić information content (AvgIpc) is 2.89. The largest absolute Gasteiger partial charge is 0.480 e. The van der Waals surface area contributed by atoms with E-state index in [1.165, 1.54) is 16.3 Å². The predicted molar refractivity (Wildman–Crippen MR) is 137 cm³/mol. The number of fused-ring (bicyclic) bond motifs is 3. The van der Waals surface area contributed by atoms with E-state index in [1.54, 1.807) is 0 Å². The molecule has 3 nitrogen and oxygen atoms in total. The van der Waals surface area contributed by atoms with Crippen LogP contribution in [-0.2, 0) is 6.54 Å². The molecule has 1 aliphatic heterocycles. The molecule has 5 aromatic carbocycles. The lowest BCUT2D eigenvalue weighted by molar-refractivity contribution is 0.0960. The zero-order valence-corrected chi connectivity index (χ0v) is 18.6. The van der Waals surface area contributed by atoms with Crippen molar-refractivity contribution in [1.82, 2.24) is 5.32 Å². The number of hydrogen-bond donors (Lipinski definition) is 1. The Hall–Kier alpha value is -4.37. The molecule has 6 rings (SSSR count). The van der Waals surface area contributed by atoms with Gasteiger partial charge in [0.2, 0.25) is 0 Å². The first-order valence-corrected chi connectivity index (χ1v) is 11.5. The highest BCUT2D eigenvalue weighted by molar-refractivity contribution is 6.12. The predicted octanol–water partition coefficient (Wildman–Crippen LogP) is 6.98. The van der Waals surface area contributed by atoms with Crippen molar-refractivity contribution in [3.63, 3.8) is 0 Å². The lowest BCUT2D eigenvalue weighted by Gasteiger charge is -2.29. The Morgan fingerprint density at radius 3 is 2.21 bits per heavy atom. The Kier molecular flexibility index (Phi) is 5.08. The first-order valence-electron chi connectivity index (χ1n) is 11.5.